The van der Waals surface area contributed by atoms with Crippen LogP contribution in [0.1, 0.15) is 51.2 Å². The first-order chi connectivity index (χ1) is 31.8. The third kappa shape index (κ3) is 16.0. The highest BCUT2D eigenvalue weighted by Gasteiger charge is 2.36. The van der Waals surface area contributed by atoms with E-state index in [4.69, 9.17) is 28.8 Å². The fourth-order valence-electron chi connectivity index (χ4n) is 7.02. The SMILES string of the molecule is CC(C)C1NC(=O)[C@H](CCCCN)NC(=O)[C@@H](Cc2c[nH]c3ccccc23)NC(=O)[C@H](Cc2ccc(O)c(Cl)c2)NC(=O)[C@H](NC(=O)CN)CSSC[C@H](C(=O)NC(C(N)=O)C(C)O)NC1=O. The van der Waals surface area contributed by atoms with Crippen molar-refractivity contribution in [3.63, 3.8) is 0 Å². The van der Waals surface area contributed by atoms with E-state index in [1.807, 2.05) is 18.2 Å². The molecule has 4 rings (SSSR count). The second kappa shape index (κ2) is 26.1. The van der Waals surface area contributed by atoms with Gasteiger partial charge in [0.05, 0.1) is 17.7 Å². The maximum absolute atomic E-state index is 14.6. The summed E-state index contributed by atoms with van der Waals surface area (Å²) in [6.45, 7) is 4.32. The summed E-state index contributed by atoms with van der Waals surface area (Å²) in [6, 6.07) is 1.83. The molecule has 16 N–H and O–H groups in total. The average Bonchev–Trinajstić information content (AvgIpc) is 3.69. The Hall–Kier alpha value is -5.59. The minimum atomic E-state index is -1.54. The fraction of sp³-hybridized carbons (Fsp3) is 0.488. The first-order valence-electron chi connectivity index (χ1n) is 21.6. The Morgan fingerprint density at radius 1 is 0.821 bits per heavy atom. The van der Waals surface area contributed by atoms with Gasteiger partial charge in [-0.2, -0.15) is 0 Å². The number of phenols is 1. The molecule has 0 saturated carbocycles. The monoisotopic (exact) mass is 989 g/mol. The first kappa shape index (κ1) is 54.0. The van der Waals surface area contributed by atoms with Gasteiger partial charge in [-0.25, -0.2) is 0 Å². The number of fused-ring (bicyclic) bond motifs is 1. The molecule has 3 unspecified atom stereocenters. The third-order valence-electron chi connectivity index (χ3n) is 10.8. The first-order valence-corrected chi connectivity index (χ1v) is 24.5. The molecule has 21 nitrogen and oxygen atoms in total. The maximum Gasteiger partial charge on any atom is 0.244 e. The Morgan fingerprint density at radius 3 is 2.10 bits per heavy atom. The van der Waals surface area contributed by atoms with Crippen LogP contribution in [-0.2, 0) is 51.2 Å². The van der Waals surface area contributed by atoms with Crippen molar-refractivity contribution in [3.8, 4) is 5.75 Å². The Balaban J connectivity index is 1.83. The van der Waals surface area contributed by atoms with Gasteiger partial charge in [-0.1, -0.05) is 71.3 Å². The number of rotatable bonds is 15. The summed E-state index contributed by atoms with van der Waals surface area (Å²) >= 11 is 6.23. The van der Waals surface area contributed by atoms with E-state index < -0.39 is 108 Å². The Kier molecular flexibility index (Phi) is 21.0. The number of aromatic nitrogens is 1. The van der Waals surface area contributed by atoms with Gasteiger partial charge in [-0.15, -0.1) is 0 Å². The number of aliphatic hydroxyl groups excluding tert-OH is 1. The van der Waals surface area contributed by atoms with Crippen LogP contribution in [-0.4, -0.2) is 135 Å². The number of aliphatic hydroxyl groups is 1. The number of carbonyl (C=O) groups is 8. The standard InChI is InChI=1S/C43H60ClN11O10S2/c1-21(2)35-43(65)53-32(42(64)55-36(22(3)56)37(47)59)20-67-66-19-31(49-34(58)17-46)41(63)51-29(15-23-11-12-33(57)26(44)14-23)39(61)52-30(16-24-18-48-27-9-5-4-8-25(24)27)40(62)50-28(38(60)54-35)10-6-7-13-45/h4-5,8-9,11-12,14,18,21-22,28-32,35-36,48,56-57H,6-7,10,13,15-17,19-20,45-46H2,1-3H3,(H2,47,59)(H,49,58)(H,50,62)(H,51,63)(H,52,61)(H,53,65)(H,54,60)(H,55,64)/t22?,28-,29-,30+,31+,32+,35?,36?/m0/s1. The van der Waals surface area contributed by atoms with Crippen molar-refractivity contribution in [2.24, 2.45) is 23.1 Å². The lowest BCUT2D eigenvalue weighted by atomic mass is 10.00. The van der Waals surface area contributed by atoms with Crippen molar-refractivity contribution in [1.82, 2.24) is 42.2 Å². The summed E-state index contributed by atoms with van der Waals surface area (Å²) in [5, 5.41) is 39.5. The molecule has 8 amide bonds. The molecule has 1 saturated heterocycles. The van der Waals surface area contributed by atoms with Crippen LogP contribution in [0.3, 0.4) is 0 Å². The number of aromatic amines is 1. The Labute approximate surface area is 400 Å². The number of hydrogen-bond donors (Lipinski definition) is 13. The molecule has 0 radical (unpaired) electrons. The number of H-pyrrole nitrogens is 1. The Bertz CT molecular complexity index is 2250. The van der Waals surface area contributed by atoms with Gasteiger partial charge < -0.3 is 69.6 Å². The van der Waals surface area contributed by atoms with Crippen LogP contribution < -0.4 is 54.4 Å². The molecular weight excluding hydrogens is 930 g/mol. The van der Waals surface area contributed by atoms with Gasteiger partial charge in [0.2, 0.25) is 47.3 Å². The zero-order valence-corrected chi connectivity index (χ0v) is 39.7. The molecule has 3 aromatic rings. The zero-order chi connectivity index (χ0) is 49.4. The van der Waals surface area contributed by atoms with Crippen LogP contribution in [0.25, 0.3) is 10.9 Å². The molecule has 2 heterocycles. The number of para-hydroxylation sites is 1. The van der Waals surface area contributed by atoms with Crippen LogP contribution in [0, 0.1) is 5.92 Å². The van der Waals surface area contributed by atoms with Gasteiger partial charge in [0, 0.05) is 41.4 Å². The highest BCUT2D eigenvalue weighted by Crippen LogP contribution is 2.26. The van der Waals surface area contributed by atoms with Crippen LogP contribution in [0.5, 0.6) is 5.75 Å². The van der Waals surface area contributed by atoms with Crippen molar-refractivity contribution in [2.75, 3.05) is 24.6 Å². The highest BCUT2D eigenvalue weighted by molar-refractivity contribution is 8.76. The number of halogens is 1. The summed E-state index contributed by atoms with van der Waals surface area (Å²) in [5.41, 5.74) is 18.6. The lowest BCUT2D eigenvalue weighted by Crippen LogP contribution is -2.62. The number of nitrogens with two attached hydrogens (primary N) is 3. The summed E-state index contributed by atoms with van der Waals surface area (Å²) in [6.07, 6.45) is 0.878. The molecule has 366 valence electrons. The van der Waals surface area contributed by atoms with Crippen LogP contribution >= 0.6 is 33.2 Å². The summed E-state index contributed by atoms with van der Waals surface area (Å²) in [4.78, 5) is 113. The number of aromatic hydroxyl groups is 1. The molecule has 1 aliphatic heterocycles. The molecule has 8 atom stereocenters. The van der Waals surface area contributed by atoms with E-state index in [0.29, 0.717) is 24.0 Å². The van der Waals surface area contributed by atoms with E-state index in [1.165, 1.54) is 25.1 Å². The van der Waals surface area contributed by atoms with E-state index in [-0.39, 0.29) is 48.1 Å². The topological polar surface area (TPSA) is 355 Å². The minimum absolute atomic E-state index is 0.0351. The molecule has 0 spiro atoms. The van der Waals surface area contributed by atoms with E-state index in [9.17, 15) is 48.6 Å². The van der Waals surface area contributed by atoms with E-state index in [1.54, 1.807) is 26.1 Å². The van der Waals surface area contributed by atoms with Crippen molar-refractivity contribution < 1.29 is 48.6 Å². The van der Waals surface area contributed by atoms with E-state index in [0.717, 1.165) is 32.5 Å². The molecular formula is C43H60ClN11O10S2. The average molecular weight is 991 g/mol. The quantitative estimate of drug-likeness (QED) is 0.0623. The summed E-state index contributed by atoms with van der Waals surface area (Å²) in [7, 11) is 1.99. The van der Waals surface area contributed by atoms with Gasteiger partial charge in [-0.3, -0.25) is 38.4 Å². The summed E-state index contributed by atoms with van der Waals surface area (Å²) < 4.78 is 0. The molecule has 0 bridgehead atoms. The smallest absolute Gasteiger partial charge is 0.244 e. The molecule has 0 aliphatic carbocycles. The van der Waals surface area contributed by atoms with Gasteiger partial charge in [0.1, 0.15) is 48.0 Å². The minimum Gasteiger partial charge on any atom is -0.506 e. The Morgan fingerprint density at radius 2 is 1.46 bits per heavy atom. The van der Waals surface area contributed by atoms with Crippen molar-refractivity contribution in [3.05, 3.63) is 64.8 Å². The molecule has 1 aromatic heterocycles. The highest BCUT2D eigenvalue weighted by atomic mass is 35.5. The van der Waals surface area contributed by atoms with Crippen molar-refractivity contribution in [2.45, 2.75) is 101 Å². The third-order valence-corrected chi connectivity index (χ3v) is 13.5. The predicted molar refractivity (Wildman–Crippen MR) is 255 cm³/mol. The van der Waals surface area contributed by atoms with Crippen molar-refractivity contribution in [1.29, 1.82) is 0 Å². The number of primary amides is 1. The maximum atomic E-state index is 14.6. The van der Waals surface area contributed by atoms with Crippen molar-refractivity contribution >= 4 is 91.3 Å². The zero-order valence-electron chi connectivity index (χ0n) is 37.3. The number of hydrogen-bond acceptors (Lipinski definition) is 14. The molecule has 2 aromatic carbocycles. The lowest BCUT2D eigenvalue weighted by Gasteiger charge is -2.29. The van der Waals surface area contributed by atoms with Gasteiger partial charge in [0.25, 0.3) is 0 Å². The number of phenolic OH excluding ortho intramolecular Hbond substituents is 1. The van der Waals surface area contributed by atoms with Crippen LogP contribution in [0.2, 0.25) is 5.02 Å². The van der Waals surface area contributed by atoms with Crippen LogP contribution in [0.15, 0.2) is 48.7 Å². The number of benzene rings is 2. The largest absolute Gasteiger partial charge is 0.506 e. The summed E-state index contributed by atoms with van der Waals surface area (Å²) in [5.74, 6) is -7.90. The second-order valence-corrected chi connectivity index (χ2v) is 19.3. The van der Waals surface area contributed by atoms with E-state index in [2.05, 4.69) is 42.2 Å². The molecule has 67 heavy (non-hydrogen) atoms. The number of nitrogens with one attached hydrogen (secondary N) is 8. The van der Waals surface area contributed by atoms with E-state index >= 15 is 0 Å². The normalized spacial score (nSPS) is 22.6. The molecule has 1 aliphatic rings. The second-order valence-electron chi connectivity index (χ2n) is 16.3. The number of unbranched alkanes of at least 4 members (excludes halogenated alkanes) is 1. The fourth-order valence-corrected chi connectivity index (χ4v) is 9.55. The molecule has 1 fully saturated rings. The lowest BCUT2D eigenvalue weighted by molar-refractivity contribution is -0.136. The van der Waals surface area contributed by atoms with Gasteiger partial charge in [0.15, 0.2) is 0 Å². The molecule has 24 heteroatoms. The van der Waals surface area contributed by atoms with Gasteiger partial charge in [-0.05, 0) is 68.0 Å². The number of amides is 8. The number of carbonyl (C=O) groups excluding carboxylic acids is 8. The predicted octanol–water partition coefficient (Wildman–Crippen LogP) is -1.29. The van der Waals surface area contributed by atoms with Gasteiger partial charge >= 0.3 is 0 Å². The van der Waals surface area contributed by atoms with Crippen LogP contribution in [0.4, 0.5) is 0 Å².